The van der Waals surface area contributed by atoms with Crippen molar-refractivity contribution in [1.82, 2.24) is 0 Å². The number of nitrogens with one attached hydrogen (secondary N) is 1. The minimum Gasteiger partial charge on any atom is -0.508 e. The van der Waals surface area contributed by atoms with Crippen molar-refractivity contribution >= 4 is 23.0 Å². The van der Waals surface area contributed by atoms with Gasteiger partial charge in [0.1, 0.15) is 11.5 Å². The summed E-state index contributed by atoms with van der Waals surface area (Å²) in [7, 11) is 1.54. The van der Waals surface area contributed by atoms with E-state index in [4.69, 9.17) is 16.3 Å². The first-order valence-corrected chi connectivity index (χ1v) is 6.87. The van der Waals surface area contributed by atoms with Gasteiger partial charge in [-0.25, -0.2) is 0 Å². The number of phenolic OH excluding ortho intramolecular Hbond substituents is 1. The largest absolute Gasteiger partial charge is 0.508 e. The number of halogens is 1. The van der Waals surface area contributed by atoms with Crippen LogP contribution in [0.4, 0.5) is 11.4 Å². The van der Waals surface area contributed by atoms with Crippen LogP contribution in [0.3, 0.4) is 0 Å². The fraction of sp³-hybridized carbons (Fsp3) is 0.200. The first-order chi connectivity index (χ1) is 10.4. The summed E-state index contributed by atoms with van der Waals surface area (Å²) in [5.74, 6) is 0.745. The molecule has 0 saturated carbocycles. The lowest BCUT2D eigenvalue weighted by molar-refractivity contribution is -0.384. The second-order valence-electron chi connectivity index (χ2n) is 4.71. The van der Waals surface area contributed by atoms with Crippen molar-refractivity contribution in [3.8, 4) is 11.5 Å². The summed E-state index contributed by atoms with van der Waals surface area (Å²) in [6, 6.07) is 8.83. The van der Waals surface area contributed by atoms with Gasteiger partial charge in [0, 0.05) is 17.7 Å². The van der Waals surface area contributed by atoms with Gasteiger partial charge in [-0.3, -0.25) is 10.1 Å². The molecule has 0 aliphatic heterocycles. The molecule has 6 nitrogen and oxygen atoms in total. The summed E-state index contributed by atoms with van der Waals surface area (Å²) >= 11 is 6.05. The molecule has 0 radical (unpaired) electrons. The highest BCUT2D eigenvalue weighted by Gasteiger charge is 2.15. The van der Waals surface area contributed by atoms with Gasteiger partial charge in [0.15, 0.2) is 0 Å². The minimum atomic E-state index is -0.507. The molecule has 116 valence electrons. The van der Waals surface area contributed by atoms with Gasteiger partial charge in [0.05, 0.1) is 28.8 Å². The highest BCUT2D eigenvalue weighted by atomic mass is 35.5. The summed E-state index contributed by atoms with van der Waals surface area (Å²) in [6.45, 7) is 1.84. The number of rotatable bonds is 5. The molecule has 0 fully saturated rings. The number of non-ortho nitro benzene ring substituents is 1. The number of methoxy groups -OCH3 is 1. The average Bonchev–Trinajstić information content (AvgIpc) is 2.49. The van der Waals surface area contributed by atoms with Crippen LogP contribution in [0.2, 0.25) is 5.02 Å². The van der Waals surface area contributed by atoms with E-state index < -0.39 is 4.92 Å². The van der Waals surface area contributed by atoms with Crippen molar-refractivity contribution < 1.29 is 14.8 Å². The van der Waals surface area contributed by atoms with Gasteiger partial charge in [0.2, 0.25) is 0 Å². The summed E-state index contributed by atoms with van der Waals surface area (Å²) in [5.41, 5.74) is 1.10. The maximum absolute atomic E-state index is 10.7. The summed E-state index contributed by atoms with van der Waals surface area (Å²) < 4.78 is 5.14. The number of anilines is 1. The highest BCUT2D eigenvalue weighted by molar-refractivity contribution is 6.33. The van der Waals surface area contributed by atoms with E-state index in [-0.39, 0.29) is 22.5 Å². The van der Waals surface area contributed by atoms with E-state index in [1.807, 2.05) is 6.92 Å². The second-order valence-corrected chi connectivity index (χ2v) is 5.12. The Morgan fingerprint density at radius 1 is 1.32 bits per heavy atom. The van der Waals surface area contributed by atoms with Gasteiger partial charge in [-0.05, 0) is 31.2 Å². The quantitative estimate of drug-likeness (QED) is 0.638. The lowest BCUT2D eigenvalue weighted by atomic mass is 10.1. The molecule has 1 atom stereocenters. The van der Waals surface area contributed by atoms with E-state index in [2.05, 4.69) is 5.32 Å². The Morgan fingerprint density at radius 2 is 2.05 bits per heavy atom. The SMILES string of the molecule is COc1ccc(O)c([C@H](C)Nc2ccc([N+](=O)[O-])cc2Cl)c1. The van der Waals surface area contributed by atoms with Crippen molar-refractivity contribution in [1.29, 1.82) is 0 Å². The minimum absolute atomic E-state index is 0.0765. The molecule has 2 aromatic carbocycles. The Bertz CT molecular complexity index is 706. The maximum atomic E-state index is 10.7. The van der Waals surface area contributed by atoms with Crippen LogP contribution in [-0.2, 0) is 0 Å². The number of nitro groups is 1. The molecule has 0 amide bonds. The molecule has 0 unspecified atom stereocenters. The Hall–Kier alpha value is -2.47. The van der Waals surface area contributed by atoms with Gasteiger partial charge < -0.3 is 15.2 Å². The predicted octanol–water partition coefficient (Wildman–Crippen LogP) is 4.14. The van der Waals surface area contributed by atoms with Crippen LogP contribution < -0.4 is 10.1 Å². The van der Waals surface area contributed by atoms with Crippen molar-refractivity contribution in [3.05, 3.63) is 57.1 Å². The molecule has 0 saturated heterocycles. The van der Waals surface area contributed by atoms with Gasteiger partial charge in [-0.15, -0.1) is 0 Å². The van der Waals surface area contributed by atoms with Crippen LogP contribution in [0.1, 0.15) is 18.5 Å². The average molecular weight is 323 g/mol. The van der Waals surface area contributed by atoms with E-state index >= 15 is 0 Å². The molecule has 22 heavy (non-hydrogen) atoms. The monoisotopic (exact) mass is 322 g/mol. The van der Waals surface area contributed by atoms with Crippen LogP contribution >= 0.6 is 11.6 Å². The third-order valence-corrected chi connectivity index (χ3v) is 3.55. The van der Waals surface area contributed by atoms with Crippen LogP contribution in [0.15, 0.2) is 36.4 Å². The first-order valence-electron chi connectivity index (χ1n) is 6.49. The van der Waals surface area contributed by atoms with Gasteiger partial charge >= 0.3 is 0 Å². The van der Waals surface area contributed by atoms with Crippen LogP contribution in [0.25, 0.3) is 0 Å². The Kier molecular flexibility index (Phi) is 4.72. The summed E-state index contributed by atoms with van der Waals surface area (Å²) in [6.07, 6.45) is 0. The fourth-order valence-electron chi connectivity index (χ4n) is 2.05. The van der Waals surface area contributed by atoms with Crippen molar-refractivity contribution in [2.45, 2.75) is 13.0 Å². The topological polar surface area (TPSA) is 84.6 Å². The lowest BCUT2D eigenvalue weighted by Crippen LogP contribution is -2.07. The highest BCUT2D eigenvalue weighted by Crippen LogP contribution is 2.33. The van der Waals surface area contributed by atoms with E-state index in [1.54, 1.807) is 25.3 Å². The fourth-order valence-corrected chi connectivity index (χ4v) is 2.28. The van der Waals surface area contributed by atoms with Crippen molar-refractivity contribution in [2.24, 2.45) is 0 Å². The van der Waals surface area contributed by atoms with Crippen LogP contribution in [0.5, 0.6) is 11.5 Å². The second kappa shape index (κ2) is 6.53. The molecular weight excluding hydrogens is 308 g/mol. The number of nitro benzene ring substituents is 1. The van der Waals surface area contributed by atoms with Gasteiger partial charge in [0.25, 0.3) is 5.69 Å². The Labute approximate surface area is 132 Å². The molecule has 7 heteroatoms. The molecule has 0 spiro atoms. The number of nitrogens with zero attached hydrogens (tertiary/aromatic N) is 1. The molecular formula is C15H15ClN2O4. The Balaban J connectivity index is 2.25. The van der Waals surface area contributed by atoms with Crippen molar-refractivity contribution in [3.63, 3.8) is 0 Å². The molecule has 0 bridgehead atoms. The number of phenols is 1. The third kappa shape index (κ3) is 3.40. The van der Waals surface area contributed by atoms with Gasteiger partial charge in [-0.2, -0.15) is 0 Å². The molecule has 2 aromatic rings. The standard InChI is InChI=1S/C15H15ClN2O4/c1-9(12-8-11(22-2)4-6-15(12)19)17-14-5-3-10(18(20)21)7-13(14)16/h3-9,17,19H,1-2H3/t9-/m0/s1. The zero-order valence-electron chi connectivity index (χ0n) is 12.0. The third-order valence-electron chi connectivity index (χ3n) is 3.24. The van der Waals surface area contributed by atoms with E-state index in [0.717, 1.165) is 0 Å². The van der Waals surface area contributed by atoms with Crippen molar-refractivity contribution in [2.75, 3.05) is 12.4 Å². The van der Waals surface area contributed by atoms with E-state index in [1.165, 1.54) is 18.2 Å². The molecule has 0 heterocycles. The normalized spacial score (nSPS) is 11.8. The molecule has 0 aromatic heterocycles. The van der Waals surface area contributed by atoms with Crippen LogP contribution in [0, 0.1) is 10.1 Å². The molecule has 0 aliphatic carbocycles. The lowest BCUT2D eigenvalue weighted by Gasteiger charge is -2.18. The number of aromatic hydroxyl groups is 1. The van der Waals surface area contributed by atoms with Gasteiger partial charge in [-0.1, -0.05) is 11.6 Å². The van der Waals surface area contributed by atoms with E-state index in [9.17, 15) is 15.2 Å². The Morgan fingerprint density at radius 3 is 2.64 bits per heavy atom. The first kappa shape index (κ1) is 15.9. The molecule has 0 aliphatic rings. The molecule has 2 N–H and O–H groups in total. The maximum Gasteiger partial charge on any atom is 0.271 e. The number of hydrogen-bond acceptors (Lipinski definition) is 5. The van der Waals surface area contributed by atoms with Crippen LogP contribution in [-0.4, -0.2) is 17.1 Å². The summed E-state index contributed by atoms with van der Waals surface area (Å²) in [5, 5.41) is 24.0. The number of benzene rings is 2. The predicted molar refractivity (Wildman–Crippen MR) is 84.8 cm³/mol. The smallest absolute Gasteiger partial charge is 0.271 e. The zero-order valence-corrected chi connectivity index (χ0v) is 12.8. The number of ether oxygens (including phenoxy) is 1. The molecule has 2 rings (SSSR count). The number of hydrogen-bond donors (Lipinski definition) is 2. The summed E-state index contributed by atoms with van der Waals surface area (Å²) in [4.78, 5) is 10.2. The zero-order chi connectivity index (χ0) is 16.3. The van der Waals surface area contributed by atoms with E-state index in [0.29, 0.717) is 17.0 Å².